The van der Waals surface area contributed by atoms with E-state index in [9.17, 15) is 13.2 Å². The average molecular weight is 353 g/mol. The molecule has 0 heterocycles. The molecule has 0 aliphatic carbocycles. The lowest BCUT2D eigenvalue weighted by Crippen LogP contribution is -2.37. The van der Waals surface area contributed by atoms with Crippen LogP contribution in [0.15, 0.2) is 48.5 Å². The molecule has 122 valence electrons. The predicted octanol–water partition coefficient (Wildman–Crippen LogP) is 3.05. The highest BCUT2D eigenvalue weighted by Crippen LogP contribution is 2.20. The lowest BCUT2D eigenvalue weighted by atomic mass is 10.2. The van der Waals surface area contributed by atoms with Crippen LogP contribution in [0.3, 0.4) is 0 Å². The topological polar surface area (TPSA) is 66.5 Å². The van der Waals surface area contributed by atoms with Gasteiger partial charge in [-0.3, -0.25) is 9.10 Å². The number of rotatable bonds is 5. The Morgan fingerprint density at radius 2 is 1.65 bits per heavy atom. The van der Waals surface area contributed by atoms with Gasteiger partial charge in [-0.2, -0.15) is 0 Å². The molecule has 0 bridgehead atoms. The number of hydrogen-bond donors (Lipinski definition) is 1. The maximum absolute atomic E-state index is 12.2. The van der Waals surface area contributed by atoms with E-state index in [2.05, 4.69) is 5.32 Å². The van der Waals surface area contributed by atoms with Gasteiger partial charge >= 0.3 is 0 Å². The summed E-state index contributed by atoms with van der Waals surface area (Å²) in [6.07, 6.45) is 1.06. The normalized spacial score (nSPS) is 11.1. The molecule has 0 unspecified atom stereocenters. The quantitative estimate of drug-likeness (QED) is 0.899. The van der Waals surface area contributed by atoms with Crippen LogP contribution in [-0.2, 0) is 14.8 Å². The molecule has 1 amide bonds. The zero-order valence-corrected chi connectivity index (χ0v) is 14.4. The minimum Gasteiger partial charge on any atom is -0.325 e. The van der Waals surface area contributed by atoms with Crippen molar-refractivity contribution in [3.8, 4) is 0 Å². The van der Waals surface area contributed by atoms with Gasteiger partial charge in [-0.05, 0) is 43.3 Å². The third kappa shape index (κ3) is 4.97. The molecule has 0 radical (unpaired) electrons. The van der Waals surface area contributed by atoms with Gasteiger partial charge in [-0.15, -0.1) is 0 Å². The van der Waals surface area contributed by atoms with Crippen LogP contribution < -0.4 is 9.62 Å². The van der Waals surface area contributed by atoms with E-state index in [4.69, 9.17) is 11.6 Å². The summed E-state index contributed by atoms with van der Waals surface area (Å²) in [6, 6.07) is 13.5. The number of benzene rings is 2. The van der Waals surface area contributed by atoms with Crippen LogP contribution in [0.4, 0.5) is 11.4 Å². The highest BCUT2D eigenvalue weighted by molar-refractivity contribution is 7.92. The molecular formula is C16H17ClN2O3S. The number of nitrogens with one attached hydrogen (secondary N) is 1. The Labute approximate surface area is 140 Å². The van der Waals surface area contributed by atoms with Crippen LogP contribution in [0.25, 0.3) is 0 Å². The first-order valence-electron chi connectivity index (χ1n) is 6.85. The zero-order chi connectivity index (χ0) is 17.0. The van der Waals surface area contributed by atoms with Crippen molar-refractivity contribution in [2.45, 2.75) is 6.92 Å². The number of amides is 1. The van der Waals surface area contributed by atoms with Gasteiger partial charge in [0, 0.05) is 10.7 Å². The molecule has 0 aliphatic heterocycles. The Morgan fingerprint density at radius 1 is 1.09 bits per heavy atom. The molecular weight excluding hydrogens is 336 g/mol. The van der Waals surface area contributed by atoms with E-state index in [1.807, 2.05) is 19.1 Å². The van der Waals surface area contributed by atoms with E-state index in [1.54, 1.807) is 36.4 Å². The number of carbonyl (C=O) groups excluding carboxylic acids is 1. The van der Waals surface area contributed by atoms with Crippen molar-refractivity contribution in [1.82, 2.24) is 0 Å². The molecule has 0 saturated carbocycles. The van der Waals surface area contributed by atoms with Gasteiger partial charge in [0.1, 0.15) is 6.54 Å². The summed E-state index contributed by atoms with van der Waals surface area (Å²) < 4.78 is 25.0. The van der Waals surface area contributed by atoms with Gasteiger partial charge < -0.3 is 5.32 Å². The third-order valence-electron chi connectivity index (χ3n) is 3.14. The second-order valence-electron chi connectivity index (χ2n) is 5.16. The van der Waals surface area contributed by atoms with E-state index < -0.39 is 15.9 Å². The third-order valence-corrected chi connectivity index (χ3v) is 4.53. The monoisotopic (exact) mass is 352 g/mol. The molecule has 1 N–H and O–H groups in total. The number of anilines is 2. The fraction of sp³-hybridized carbons (Fsp3) is 0.188. The number of carbonyl (C=O) groups is 1. The van der Waals surface area contributed by atoms with Crippen LogP contribution in [0, 0.1) is 6.92 Å². The van der Waals surface area contributed by atoms with Gasteiger partial charge in [0.25, 0.3) is 0 Å². The van der Waals surface area contributed by atoms with Crippen molar-refractivity contribution in [1.29, 1.82) is 0 Å². The lowest BCUT2D eigenvalue weighted by Gasteiger charge is -2.22. The van der Waals surface area contributed by atoms with Crippen LogP contribution in [-0.4, -0.2) is 27.1 Å². The first-order chi connectivity index (χ1) is 10.8. The van der Waals surface area contributed by atoms with Crippen molar-refractivity contribution in [3.05, 3.63) is 59.1 Å². The number of hydrogen-bond acceptors (Lipinski definition) is 3. The van der Waals surface area contributed by atoms with Gasteiger partial charge in [0.15, 0.2) is 0 Å². The minimum atomic E-state index is -3.60. The van der Waals surface area contributed by atoms with E-state index in [1.165, 1.54) is 0 Å². The van der Waals surface area contributed by atoms with Crippen molar-refractivity contribution in [3.63, 3.8) is 0 Å². The minimum absolute atomic E-state index is 0.311. The summed E-state index contributed by atoms with van der Waals surface area (Å²) in [5.74, 6) is -0.422. The first-order valence-corrected chi connectivity index (χ1v) is 9.08. The maximum Gasteiger partial charge on any atom is 0.245 e. The molecule has 7 heteroatoms. The SMILES string of the molecule is Cc1ccc(NC(=O)CN(c2ccc(Cl)cc2)S(C)(=O)=O)cc1. The summed E-state index contributed by atoms with van der Waals surface area (Å²) in [4.78, 5) is 12.2. The molecule has 0 atom stereocenters. The van der Waals surface area contributed by atoms with E-state index in [0.29, 0.717) is 16.4 Å². The molecule has 2 rings (SSSR count). The van der Waals surface area contributed by atoms with Gasteiger partial charge in [0.05, 0.1) is 11.9 Å². The highest BCUT2D eigenvalue weighted by atomic mass is 35.5. The fourth-order valence-corrected chi connectivity index (χ4v) is 2.96. The zero-order valence-electron chi connectivity index (χ0n) is 12.8. The van der Waals surface area contributed by atoms with Gasteiger partial charge in [0.2, 0.25) is 15.9 Å². The smallest absolute Gasteiger partial charge is 0.245 e. The summed E-state index contributed by atoms with van der Waals surface area (Å²) in [7, 11) is -3.60. The Morgan fingerprint density at radius 3 is 2.17 bits per heavy atom. The van der Waals surface area contributed by atoms with Crippen LogP contribution in [0.5, 0.6) is 0 Å². The largest absolute Gasteiger partial charge is 0.325 e. The van der Waals surface area contributed by atoms with Crippen molar-refractivity contribution in [2.24, 2.45) is 0 Å². The van der Waals surface area contributed by atoms with Crippen LogP contribution >= 0.6 is 11.6 Å². The van der Waals surface area contributed by atoms with Gasteiger partial charge in [-0.25, -0.2) is 8.42 Å². The lowest BCUT2D eigenvalue weighted by molar-refractivity contribution is -0.114. The molecule has 0 aliphatic rings. The molecule has 0 aromatic heterocycles. The molecule has 0 spiro atoms. The first kappa shape index (κ1) is 17.3. The molecule has 2 aromatic carbocycles. The summed E-state index contributed by atoms with van der Waals surface area (Å²) >= 11 is 5.81. The highest BCUT2D eigenvalue weighted by Gasteiger charge is 2.20. The van der Waals surface area contributed by atoms with Crippen LogP contribution in [0.1, 0.15) is 5.56 Å². The number of halogens is 1. The number of sulfonamides is 1. The van der Waals surface area contributed by atoms with Crippen molar-refractivity contribution < 1.29 is 13.2 Å². The van der Waals surface area contributed by atoms with E-state index >= 15 is 0 Å². The fourth-order valence-electron chi connectivity index (χ4n) is 1.98. The predicted molar refractivity (Wildman–Crippen MR) is 93.5 cm³/mol. The molecule has 2 aromatic rings. The Kier molecular flexibility index (Phi) is 5.28. The average Bonchev–Trinajstić information content (AvgIpc) is 2.47. The summed E-state index contributed by atoms with van der Waals surface area (Å²) in [5.41, 5.74) is 2.07. The Balaban J connectivity index is 2.16. The molecule has 23 heavy (non-hydrogen) atoms. The summed E-state index contributed by atoms with van der Waals surface area (Å²) in [6.45, 7) is 1.63. The molecule has 5 nitrogen and oxygen atoms in total. The van der Waals surface area contributed by atoms with E-state index in [0.717, 1.165) is 16.1 Å². The molecule has 0 saturated heterocycles. The maximum atomic E-state index is 12.2. The Hall–Kier alpha value is -2.05. The number of aryl methyl sites for hydroxylation is 1. The second-order valence-corrected chi connectivity index (χ2v) is 7.50. The standard InChI is InChI=1S/C16H17ClN2O3S/c1-12-3-7-14(8-4-12)18-16(20)11-19(23(2,21)22)15-9-5-13(17)6-10-15/h3-10H,11H2,1-2H3,(H,18,20). The van der Waals surface area contributed by atoms with Crippen molar-refractivity contribution in [2.75, 3.05) is 22.4 Å². The van der Waals surface area contributed by atoms with Crippen molar-refractivity contribution >= 4 is 38.9 Å². The van der Waals surface area contributed by atoms with Crippen LogP contribution in [0.2, 0.25) is 5.02 Å². The van der Waals surface area contributed by atoms with E-state index in [-0.39, 0.29) is 6.54 Å². The van der Waals surface area contributed by atoms with Gasteiger partial charge in [-0.1, -0.05) is 29.3 Å². The second kappa shape index (κ2) is 7.02. The Bertz CT molecular complexity index is 787. The summed E-state index contributed by atoms with van der Waals surface area (Å²) in [5, 5.41) is 3.17. The molecule has 0 fully saturated rings. The number of nitrogens with zero attached hydrogens (tertiary/aromatic N) is 1.